The van der Waals surface area contributed by atoms with Gasteiger partial charge in [-0.3, -0.25) is 10.1 Å². The number of pyridine rings is 1. The van der Waals surface area contributed by atoms with E-state index >= 15 is 0 Å². The van der Waals surface area contributed by atoms with Crippen molar-refractivity contribution in [2.75, 3.05) is 11.9 Å². The number of carbonyl (C=O) groups is 1. The van der Waals surface area contributed by atoms with E-state index in [0.717, 1.165) is 29.1 Å². The molecule has 3 heterocycles. The van der Waals surface area contributed by atoms with Crippen molar-refractivity contribution in [3.8, 4) is 17.0 Å². The minimum atomic E-state index is -0.275. The number of thiazole rings is 1. The smallest absolute Gasteiger partial charge is 0.277 e. The van der Waals surface area contributed by atoms with Crippen LogP contribution in [-0.4, -0.2) is 26.9 Å². The maximum absolute atomic E-state index is 12.4. The Labute approximate surface area is 160 Å². The number of nitrogens with one attached hydrogen (secondary N) is 1. The van der Waals surface area contributed by atoms with Crippen LogP contribution >= 0.6 is 11.3 Å². The van der Waals surface area contributed by atoms with Crippen molar-refractivity contribution in [1.29, 1.82) is 0 Å². The summed E-state index contributed by atoms with van der Waals surface area (Å²) in [5.41, 5.74) is 2.87. The summed E-state index contributed by atoms with van der Waals surface area (Å²) in [7, 11) is 0. The lowest BCUT2D eigenvalue weighted by atomic mass is 10.2. The van der Waals surface area contributed by atoms with Gasteiger partial charge in [0.1, 0.15) is 17.1 Å². The molecule has 0 aliphatic carbocycles. The molecule has 1 amide bonds. The molecule has 27 heavy (non-hydrogen) atoms. The highest BCUT2D eigenvalue weighted by molar-refractivity contribution is 7.14. The number of ether oxygens (including phenoxy) is 1. The normalized spacial score (nSPS) is 10.9. The van der Waals surface area contributed by atoms with Gasteiger partial charge in [0.05, 0.1) is 12.3 Å². The Morgan fingerprint density at radius 1 is 1.19 bits per heavy atom. The van der Waals surface area contributed by atoms with E-state index in [9.17, 15) is 4.79 Å². The molecule has 7 heteroatoms. The van der Waals surface area contributed by atoms with Crippen LogP contribution in [0.3, 0.4) is 0 Å². The fourth-order valence-corrected chi connectivity index (χ4v) is 3.33. The van der Waals surface area contributed by atoms with Crippen LogP contribution in [0.4, 0.5) is 5.13 Å². The number of hydrogen-bond acceptors (Lipinski definition) is 5. The molecule has 0 spiro atoms. The molecule has 0 bridgehead atoms. The zero-order chi connectivity index (χ0) is 18.6. The van der Waals surface area contributed by atoms with Crippen LogP contribution in [-0.2, 0) is 0 Å². The number of amides is 1. The van der Waals surface area contributed by atoms with Gasteiger partial charge in [-0.1, -0.05) is 13.0 Å². The summed E-state index contributed by atoms with van der Waals surface area (Å²) < 4.78 is 7.40. The molecule has 0 fully saturated rings. The average molecular weight is 378 g/mol. The monoisotopic (exact) mass is 378 g/mol. The van der Waals surface area contributed by atoms with Gasteiger partial charge in [-0.15, -0.1) is 11.3 Å². The van der Waals surface area contributed by atoms with Crippen molar-refractivity contribution in [2.45, 2.75) is 13.3 Å². The molecule has 1 N–H and O–H groups in total. The quantitative estimate of drug-likeness (QED) is 0.536. The summed E-state index contributed by atoms with van der Waals surface area (Å²) in [4.78, 5) is 21.3. The molecule has 0 aliphatic rings. The van der Waals surface area contributed by atoms with Crippen molar-refractivity contribution in [1.82, 2.24) is 14.4 Å². The van der Waals surface area contributed by atoms with E-state index in [1.54, 1.807) is 6.20 Å². The maximum Gasteiger partial charge on any atom is 0.277 e. The third kappa shape index (κ3) is 3.83. The predicted octanol–water partition coefficient (Wildman–Crippen LogP) is 4.50. The summed E-state index contributed by atoms with van der Waals surface area (Å²) in [6, 6.07) is 13.4. The van der Waals surface area contributed by atoms with Gasteiger partial charge < -0.3 is 9.14 Å². The molecule has 3 aromatic heterocycles. The SMILES string of the molecule is CCCOc1ccc(-c2csc(NC(=O)c3cn4ccccc4n3)n2)cc1. The Kier molecular flexibility index (Phi) is 4.84. The average Bonchev–Trinajstić information content (AvgIpc) is 3.33. The van der Waals surface area contributed by atoms with Crippen LogP contribution in [0.2, 0.25) is 0 Å². The largest absolute Gasteiger partial charge is 0.494 e. The zero-order valence-electron chi connectivity index (χ0n) is 14.8. The van der Waals surface area contributed by atoms with E-state index in [-0.39, 0.29) is 5.91 Å². The second-order valence-electron chi connectivity index (χ2n) is 5.96. The molecule has 0 atom stereocenters. The van der Waals surface area contributed by atoms with Crippen LogP contribution in [0.1, 0.15) is 23.8 Å². The Hall–Kier alpha value is -3.19. The van der Waals surface area contributed by atoms with E-state index in [2.05, 4.69) is 22.2 Å². The van der Waals surface area contributed by atoms with E-state index in [0.29, 0.717) is 17.4 Å². The highest BCUT2D eigenvalue weighted by atomic mass is 32.1. The zero-order valence-corrected chi connectivity index (χ0v) is 15.6. The highest BCUT2D eigenvalue weighted by Crippen LogP contribution is 2.26. The number of rotatable bonds is 6. The van der Waals surface area contributed by atoms with Gasteiger partial charge in [0.2, 0.25) is 0 Å². The van der Waals surface area contributed by atoms with Crippen LogP contribution in [0.5, 0.6) is 5.75 Å². The summed E-state index contributed by atoms with van der Waals surface area (Å²) in [5.74, 6) is 0.569. The lowest BCUT2D eigenvalue weighted by Gasteiger charge is -2.04. The first-order valence-electron chi connectivity index (χ1n) is 8.67. The van der Waals surface area contributed by atoms with Gasteiger partial charge >= 0.3 is 0 Å². The number of anilines is 1. The molecule has 4 rings (SSSR count). The van der Waals surface area contributed by atoms with Crippen molar-refractivity contribution in [2.24, 2.45) is 0 Å². The lowest BCUT2D eigenvalue weighted by molar-refractivity contribution is 0.102. The van der Waals surface area contributed by atoms with Gasteiger partial charge in [0, 0.05) is 23.3 Å². The first-order chi connectivity index (χ1) is 13.2. The Bertz CT molecular complexity index is 1040. The third-order valence-corrected chi connectivity index (χ3v) is 4.70. The number of aromatic nitrogens is 3. The van der Waals surface area contributed by atoms with Crippen LogP contribution in [0, 0.1) is 0 Å². The standard InChI is InChI=1S/C20H18N4O2S/c1-2-11-26-15-8-6-14(7-9-15)17-13-27-20(22-17)23-19(25)16-12-24-10-4-3-5-18(24)21-16/h3-10,12-13H,2,11H2,1H3,(H,22,23,25). The fourth-order valence-electron chi connectivity index (χ4n) is 2.61. The van der Waals surface area contributed by atoms with Gasteiger partial charge in [0.25, 0.3) is 5.91 Å². The molecule has 0 saturated heterocycles. The van der Waals surface area contributed by atoms with Crippen LogP contribution < -0.4 is 10.1 Å². The highest BCUT2D eigenvalue weighted by Gasteiger charge is 2.13. The molecule has 0 unspecified atom stereocenters. The van der Waals surface area contributed by atoms with Gasteiger partial charge in [-0.2, -0.15) is 0 Å². The van der Waals surface area contributed by atoms with E-state index in [4.69, 9.17) is 4.74 Å². The molecule has 0 aliphatic heterocycles. The van der Waals surface area contributed by atoms with Crippen LogP contribution in [0.25, 0.3) is 16.9 Å². The van der Waals surface area contributed by atoms with Gasteiger partial charge in [-0.05, 0) is 42.8 Å². The summed E-state index contributed by atoms with van der Waals surface area (Å²) >= 11 is 1.38. The number of hydrogen-bond donors (Lipinski definition) is 1. The summed E-state index contributed by atoms with van der Waals surface area (Å²) in [6.45, 7) is 2.78. The molecule has 1 aromatic carbocycles. The predicted molar refractivity (Wildman–Crippen MR) is 106 cm³/mol. The number of carbonyl (C=O) groups excluding carboxylic acids is 1. The van der Waals surface area contributed by atoms with Crippen molar-refractivity contribution in [3.05, 3.63) is 65.9 Å². The Morgan fingerprint density at radius 3 is 2.81 bits per heavy atom. The first-order valence-corrected chi connectivity index (χ1v) is 9.55. The van der Waals surface area contributed by atoms with E-state index in [1.807, 2.05) is 58.4 Å². The van der Waals surface area contributed by atoms with Crippen molar-refractivity contribution < 1.29 is 9.53 Å². The third-order valence-electron chi connectivity index (χ3n) is 3.94. The molecule has 4 aromatic rings. The van der Waals surface area contributed by atoms with Gasteiger partial charge in [0.15, 0.2) is 5.13 Å². The first kappa shape index (κ1) is 17.2. The van der Waals surface area contributed by atoms with Crippen LogP contribution in [0.15, 0.2) is 60.2 Å². The number of fused-ring (bicyclic) bond motifs is 1. The molecular formula is C20H18N4O2S. The number of benzene rings is 1. The van der Waals surface area contributed by atoms with Crippen molar-refractivity contribution >= 4 is 28.0 Å². The van der Waals surface area contributed by atoms with E-state index in [1.165, 1.54) is 11.3 Å². The summed E-state index contributed by atoms with van der Waals surface area (Å²) in [6.07, 6.45) is 4.53. The molecule has 0 radical (unpaired) electrons. The Balaban J connectivity index is 1.46. The minimum absolute atomic E-state index is 0.275. The molecule has 6 nitrogen and oxygen atoms in total. The number of nitrogens with zero attached hydrogens (tertiary/aromatic N) is 3. The lowest BCUT2D eigenvalue weighted by Crippen LogP contribution is -2.12. The topological polar surface area (TPSA) is 68.5 Å². The molecular weight excluding hydrogens is 360 g/mol. The van der Waals surface area contributed by atoms with Crippen molar-refractivity contribution in [3.63, 3.8) is 0 Å². The minimum Gasteiger partial charge on any atom is -0.494 e. The molecule has 136 valence electrons. The second-order valence-corrected chi connectivity index (χ2v) is 6.82. The molecule has 0 saturated carbocycles. The second kappa shape index (κ2) is 7.59. The Morgan fingerprint density at radius 2 is 2.04 bits per heavy atom. The number of imidazole rings is 1. The maximum atomic E-state index is 12.4. The fraction of sp³-hybridized carbons (Fsp3) is 0.150. The van der Waals surface area contributed by atoms with Gasteiger partial charge in [-0.25, -0.2) is 9.97 Å². The van der Waals surface area contributed by atoms with E-state index < -0.39 is 0 Å². The summed E-state index contributed by atoms with van der Waals surface area (Å²) in [5, 5.41) is 5.27.